The van der Waals surface area contributed by atoms with Crippen molar-refractivity contribution in [2.45, 2.75) is 24.5 Å². The highest BCUT2D eigenvalue weighted by molar-refractivity contribution is 9.10. The lowest BCUT2D eigenvalue weighted by Gasteiger charge is -2.10. The lowest BCUT2D eigenvalue weighted by molar-refractivity contribution is -0.116. The maximum Gasteiger partial charge on any atom is 0.200 e. The zero-order chi connectivity index (χ0) is 21.8. The Balaban J connectivity index is 1.58. The first-order valence-corrected chi connectivity index (χ1v) is 11.9. The average molecular weight is 514 g/mol. The van der Waals surface area contributed by atoms with Crippen molar-refractivity contribution in [2.24, 2.45) is 0 Å². The zero-order valence-corrected chi connectivity index (χ0v) is 19.6. The van der Waals surface area contributed by atoms with E-state index in [9.17, 15) is 10.1 Å². The van der Waals surface area contributed by atoms with Gasteiger partial charge in [0.25, 0.3) is 0 Å². The molecule has 0 aliphatic carbocycles. The van der Waals surface area contributed by atoms with E-state index in [2.05, 4.69) is 37.2 Å². The topological polar surface area (TPSA) is 97.6 Å². The summed E-state index contributed by atoms with van der Waals surface area (Å²) in [6.45, 7) is 2.36. The Labute approximate surface area is 195 Å². The van der Waals surface area contributed by atoms with Gasteiger partial charge >= 0.3 is 0 Å². The van der Waals surface area contributed by atoms with E-state index in [0.29, 0.717) is 33.0 Å². The molecule has 0 unspecified atom stereocenters. The largest absolute Gasteiger partial charge is 0.446 e. The number of Topliss-reactive ketones (excluding diaryl/α,β-unsaturated/α-hetero) is 1. The van der Waals surface area contributed by atoms with E-state index < -0.39 is 5.92 Å². The van der Waals surface area contributed by atoms with Crippen molar-refractivity contribution in [2.75, 3.05) is 5.75 Å². The summed E-state index contributed by atoms with van der Waals surface area (Å²) in [5, 5.41) is 21.0. The second-order valence-corrected chi connectivity index (χ2v) is 9.24. The number of nitriles is 1. The molecule has 4 aromatic rings. The van der Waals surface area contributed by atoms with Gasteiger partial charge < -0.3 is 4.42 Å². The molecular weight excluding hydrogens is 498 g/mol. The quantitative estimate of drug-likeness (QED) is 0.303. The number of aryl methyl sites for hydroxylation is 1. The fraction of sp³-hybridized carbons (Fsp3) is 0.190. The normalized spacial score (nSPS) is 11.9. The smallest absolute Gasteiger partial charge is 0.200 e. The van der Waals surface area contributed by atoms with Gasteiger partial charge in [0.2, 0.25) is 5.82 Å². The van der Waals surface area contributed by atoms with E-state index in [1.54, 1.807) is 6.07 Å². The fourth-order valence-corrected chi connectivity index (χ4v) is 4.92. The summed E-state index contributed by atoms with van der Waals surface area (Å²) < 4.78 is 8.17. The van der Waals surface area contributed by atoms with Crippen molar-refractivity contribution < 1.29 is 9.21 Å². The summed E-state index contributed by atoms with van der Waals surface area (Å²) in [6, 6.07) is 15.6. The van der Waals surface area contributed by atoms with Crippen molar-refractivity contribution in [3.8, 4) is 17.7 Å². The number of aromatic nitrogens is 4. The van der Waals surface area contributed by atoms with E-state index >= 15 is 0 Å². The van der Waals surface area contributed by atoms with E-state index in [1.807, 2.05) is 53.3 Å². The number of nitrogens with zero attached hydrogens (tertiary/aromatic N) is 5. The van der Waals surface area contributed by atoms with Gasteiger partial charge in [0.1, 0.15) is 5.01 Å². The van der Waals surface area contributed by atoms with Crippen LogP contribution in [-0.2, 0) is 11.3 Å². The van der Waals surface area contributed by atoms with Crippen LogP contribution in [0.4, 0.5) is 0 Å². The van der Waals surface area contributed by atoms with Crippen molar-refractivity contribution in [1.82, 2.24) is 19.7 Å². The van der Waals surface area contributed by atoms with E-state index in [0.717, 1.165) is 11.3 Å². The number of thioether (sulfide) groups is 1. The standard InChI is InChI=1S/C21H16BrN5O2S2/c1-13-11-30-20(24-13)15(9-23)16(28)12-31-21-26-25-19(17-7-8-18(22)29-17)27(21)10-14-5-3-2-4-6-14/h2-8,11,15H,10,12H2,1H3/t15-/m1/s1. The maximum absolute atomic E-state index is 12.7. The molecule has 156 valence electrons. The highest BCUT2D eigenvalue weighted by Gasteiger charge is 2.25. The molecule has 0 radical (unpaired) electrons. The van der Waals surface area contributed by atoms with Gasteiger partial charge in [-0.05, 0) is 40.5 Å². The Morgan fingerprint density at radius 2 is 2.10 bits per heavy atom. The molecule has 3 aromatic heterocycles. The van der Waals surface area contributed by atoms with Crippen LogP contribution in [0.2, 0.25) is 0 Å². The van der Waals surface area contributed by atoms with E-state index in [-0.39, 0.29) is 11.5 Å². The highest BCUT2D eigenvalue weighted by atomic mass is 79.9. The summed E-state index contributed by atoms with van der Waals surface area (Å²) >= 11 is 5.90. The number of hydrogen-bond acceptors (Lipinski definition) is 8. The molecule has 7 nitrogen and oxygen atoms in total. The lowest BCUT2D eigenvalue weighted by Crippen LogP contribution is -2.14. The molecule has 0 aliphatic rings. The average Bonchev–Trinajstić information content (AvgIpc) is 3.48. The molecule has 4 rings (SSSR count). The van der Waals surface area contributed by atoms with E-state index in [4.69, 9.17) is 4.42 Å². The fourth-order valence-electron chi connectivity index (χ4n) is 2.91. The van der Waals surface area contributed by atoms with Crippen LogP contribution in [0.15, 0.2) is 62.1 Å². The SMILES string of the molecule is Cc1csc([C@H](C#N)C(=O)CSc2nnc(-c3ccc(Br)o3)n2Cc2ccccc2)n1. The van der Waals surface area contributed by atoms with Gasteiger partial charge in [0, 0.05) is 11.1 Å². The van der Waals surface area contributed by atoms with Crippen LogP contribution in [0.3, 0.4) is 0 Å². The van der Waals surface area contributed by atoms with Crippen LogP contribution in [0.25, 0.3) is 11.6 Å². The van der Waals surface area contributed by atoms with Crippen molar-refractivity contribution >= 4 is 44.8 Å². The van der Waals surface area contributed by atoms with Gasteiger partial charge in [-0.3, -0.25) is 9.36 Å². The van der Waals surface area contributed by atoms with Gasteiger partial charge in [-0.2, -0.15) is 5.26 Å². The molecule has 0 fully saturated rings. The minimum absolute atomic E-state index is 0.0889. The molecule has 31 heavy (non-hydrogen) atoms. The van der Waals surface area contributed by atoms with Crippen molar-refractivity contribution in [3.05, 3.63) is 68.8 Å². The van der Waals surface area contributed by atoms with Crippen molar-refractivity contribution in [3.63, 3.8) is 0 Å². The van der Waals surface area contributed by atoms with Crippen LogP contribution in [-0.4, -0.2) is 31.3 Å². The van der Waals surface area contributed by atoms with Gasteiger partial charge in [-0.25, -0.2) is 4.98 Å². The summed E-state index contributed by atoms with van der Waals surface area (Å²) in [5.41, 5.74) is 1.87. The number of rotatable bonds is 8. The molecule has 1 aromatic carbocycles. The Hall–Kier alpha value is -2.74. The second-order valence-electron chi connectivity index (χ2n) is 6.63. The van der Waals surface area contributed by atoms with Crippen LogP contribution in [0.5, 0.6) is 0 Å². The summed E-state index contributed by atoms with van der Waals surface area (Å²) in [4.78, 5) is 17.0. The number of thiazole rings is 1. The first-order valence-electron chi connectivity index (χ1n) is 9.25. The van der Waals surface area contributed by atoms with Crippen molar-refractivity contribution in [1.29, 1.82) is 5.26 Å². The van der Waals surface area contributed by atoms with Crippen LogP contribution >= 0.6 is 39.0 Å². The Morgan fingerprint density at radius 1 is 1.29 bits per heavy atom. The molecule has 0 spiro atoms. The molecule has 0 N–H and O–H groups in total. The maximum atomic E-state index is 12.7. The molecule has 1 atom stereocenters. The molecule has 0 bridgehead atoms. The predicted molar refractivity (Wildman–Crippen MR) is 122 cm³/mol. The van der Waals surface area contributed by atoms with Crippen LogP contribution in [0.1, 0.15) is 22.2 Å². The molecule has 0 saturated carbocycles. The number of halogens is 1. The minimum Gasteiger partial charge on any atom is -0.446 e. The molecule has 3 heterocycles. The Kier molecular flexibility index (Phi) is 6.65. The predicted octanol–water partition coefficient (Wildman–Crippen LogP) is 5.08. The molecule has 0 saturated heterocycles. The van der Waals surface area contributed by atoms with Gasteiger partial charge in [0.05, 0.1) is 18.4 Å². The Morgan fingerprint density at radius 3 is 2.74 bits per heavy atom. The minimum atomic E-state index is -0.878. The number of benzene rings is 1. The summed E-state index contributed by atoms with van der Waals surface area (Å²) in [5.74, 6) is 0.139. The first kappa shape index (κ1) is 21.5. The molecule has 10 heteroatoms. The number of carbonyl (C=O) groups is 1. The van der Waals surface area contributed by atoms with E-state index in [1.165, 1.54) is 23.1 Å². The lowest BCUT2D eigenvalue weighted by atomic mass is 10.1. The Bertz CT molecular complexity index is 1240. The third-order valence-corrected chi connectivity index (χ3v) is 6.82. The molecule has 0 aliphatic heterocycles. The number of ketones is 1. The summed E-state index contributed by atoms with van der Waals surface area (Å²) in [6.07, 6.45) is 0. The zero-order valence-electron chi connectivity index (χ0n) is 16.4. The van der Waals surface area contributed by atoms with Crippen LogP contribution < -0.4 is 0 Å². The molecular formula is C21H16BrN5O2S2. The number of hydrogen-bond donors (Lipinski definition) is 0. The molecule has 0 amide bonds. The monoisotopic (exact) mass is 513 g/mol. The van der Waals surface area contributed by atoms with Gasteiger partial charge in [0.15, 0.2) is 27.3 Å². The second kappa shape index (κ2) is 9.60. The number of furan rings is 1. The number of carbonyl (C=O) groups excluding carboxylic acids is 1. The van der Waals surface area contributed by atoms with Gasteiger partial charge in [-0.1, -0.05) is 42.1 Å². The van der Waals surface area contributed by atoms with Crippen LogP contribution in [0, 0.1) is 18.3 Å². The third-order valence-electron chi connectivity index (χ3n) is 4.37. The van der Waals surface area contributed by atoms with Gasteiger partial charge in [-0.15, -0.1) is 21.5 Å². The highest BCUT2D eigenvalue weighted by Crippen LogP contribution is 2.29. The summed E-state index contributed by atoms with van der Waals surface area (Å²) in [7, 11) is 0. The third kappa shape index (κ3) is 4.95. The first-order chi connectivity index (χ1) is 15.0.